The highest BCUT2D eigenvalue weighted by Gasteiger charge is 2.23. The van der Waals surface area contributed by atoms with Crippen LogP contribution in [0.5, 0.6) is 0 Å². The number of carbonyl (C=O) groups excluding carboxylic acids is 2. The molecule has 0 aliphatic heterocycles. The van der Waals surface area contributed by atoms with E-state index in [2.05, 4.69) is 0 Å². The van der Waals surface area contributed by atoms with Crippen molar-refractivity contribution in [3.63, 3.8) is 0 Å². The van der Waals surface area contributed by atoms with Crippen LogP contribution >= 0.6 is 0 Å². The van der Waals surface area contributed by atoms with E-state index in [-0.39, 0.29) is 18.4 Å². The molecule has 2 amide bonds. The molecule has 1 atom stereocenters. The molecule has 0 spiro atoms. The van der Waals surface area contributed by atoms with Gasteiger partial charge in [-0.3, -0.25) is 9.59 Å². The van der Waals surface area contributed by atoms with Gasteiger partial charge in [0, 0.05) is 20.6 Å². The summed E-state index contributed by atoms with van der Waals surface area (Å²) in [6.45, 7) is 2.60. The lowest BCUT2D eigenvalue weighted by Gasteiger charge is -2.26. The fraction of sp³-hybridized carbons (Fsp3) is 0.500. The normalized spacial score (nSPS) is 11.8. The fourth-order valence-corrected chi connectivity index (χ4v) is 2.03. The number of rotatable bonds is 7. The molecular weight excluding hydrogens is 266 g/mol. The van der Waals surface area contributed by atoms with Crippen molar-refractivity contribution in [2.24, 2.45) is 5.73 Å². The van der Waals surface area contributed by atoms with Crippen LogP contribution in [0.15, 0.2) is 30.3 Å². The van der Waals surface area contributed by atoms with E-state index in [1.165, 1.54) is 4.90 Å². The van der Waals surface area contributed by atoms with Crippen molar-refractivity contribution < 1.29 is 9.59 Å². The Balaban J connectivity index is 2.68. The molecule has 0 aliphatic carbocycles. The van der Waals surface area contributed by atoms with Crippen LogP contribution in [-0.2, 0) is 16.0 Å². The summed E-state index contributed by atoms with van der Waals surface area (Å²) in [6.07, 6.45) is 1.28. The number of likely N-dealkylation sites (N-methyl/N-ethyl adjacent to an activating group) is 1. The van der Waals surface area contributed by atoms with E-state index in [1.807, 2.05) is 37.3 Å². The first-order chi connectivity index (χ1) is 9.95. The molecule has 0 aliphatic rings. The Morgan fingerprint density at radius 1 is 1.19 bits per heavy atom. The van der Waals surface area contributed by atoms with Crippen molar-refractivity contribution in [1.29, 1.82) is 0 Å². The lowest BCUT2D eigenvalue weighted by Crippen LogP contribution is -2.48. The monoisotopic (exact) mass is 291 g/mol. The number of amides is 2. The van der Waals surface area contributed by atoms with Crippen LogP contribution in [0.4, 0.5) is 0 Å². The van der Waals surface area contributed by atoms with Gasteiger partial charge in [0.25, 0.3) is 0 Å². The second kappa shape index (κ2) is 8.42. The van der Waals surface area contributed by atoms with Gasteiger partial charge in [-0.25, -0.2) is 0 Å². The van der Waals surface area contributed by atoms with E-state index in [9.17, 15) is 9.59 Å². The number of nitrogens with two attached hydrogens (primary N) is 1. The molecule has 0 radical (unpaired) electrons. The van der Waals surface area contributed by atoms with Crippen molar-refractivity contribution in [3.05, 3.63) is 35.9 Å². The first-order valence-corrected chi connectivity index (χ1v) is 7.24. The van der Waals surface area contributed by atoms with Gasteiger partial charge in [-0.15, -0.1) is 0 Å². The van der Waals surface area contributed by atoms with Crippen LogP contribution in [0.25, 0.3) is 0 Å². The smallest absolute Gasteiger partial charge is 0.241 e. The second-order valence-corrected chi connectivity index (χ2v) is 5.34. The molecular formula is C16H25N3O2. The molecule has 0 aromatic heterocycles. The largest absolute Gasteiger partial charge is 0.347 e. The molecule has 0 bridgehead atoms. The maximum atomic E-state index is 12.4. The van der Waals surface area contributed by atoms with E-state index in [1.54, 1.807) is 19.0 Å². The van der Waals surface area contributed by atoms with E-state index < -0.39 is 6.04 Å². The number of benzene rings is 1. The quantitative estimate of drug-likeness (QED) is 0.811. The fourth-order valence-electron chi connectivity index (χ4n) is 2.03. The zero-order valence-corrected chi connectivity index (χ0v) is 13.1. The van der Waals surface area contributed by atoms with Gasteiger partial charge in [0.05, 0.1) is 12.6 Å². The number of hydrogen-bond donors (Lipinski definition) is 1. The lowest BCUT2D eigenvalue weighted by atomic mass is 10.1. The molecule has 5 nitrogen and oxygen atoms in total. The molecule has 1 rings (SSSR count). The minimum atomic E-state index is -0.617. The highest BCUT2D eigenvalue weighted by atomic mass is 16.2. The van der Waals surface area contributed by atoms with Crippen molar-refractivity contribution in [2.75, 3.05) is 27.2 Å². The Labute approximate surface area is 126 Å². The Kier molecular flexibility index (Phi) is 6.88. The third-order valence-corrected chi connectivity index (χ3v) is 3.25. The van der Waals surface area contributed by atoms with Gasteiger partial charge >= 0.3 is 0 Å². The van der Waals surface area contributed by atoms with Crippen LogP contribution in [0.3, 0.4) is 0 Å². The van der Waals surface area contributed by atoms with Crippen LogP contribution in [0.2, 0.25) is 0 Å². The molecule has 2 N–H and O–H groups in total. The number of hydrogen-bond acceptors (Lipinski definition) is 3. The zero-order valence-electron chi connectivity index (χ0n) is 13.1. The van der Waals surface area contributed by atoms with Gasteiger partial charge in [0.2, 0.25) is 11.8 Å². The maximum absolute atomic E-state index is 12.4. The summed E-state index contributed by atoms with van der Waals surface area (Å²) in [5.74, 6) is -0.264. The SMILES string of the molecule is CCCN(CC(=O)N(C)C)C(=O)[C@H](N)Cc1ccccc1. The van der Waals surface area contributed by atoms with E-state index in [0.717, 1.165) is 12.0 Å². The average Bonchev–Trinajstić information content (AvgIpc) is 2.46. The molecule has 0 heterocycles. The van der Waals surface area contributed by atoms with Crippen LogP contribution in [0, 0.1) is 0 Å². The number of nitrogens with zero attached hydrogens (tertiary/aromatic N) is 2. The summed E-state index contributed by atoms with van der Waals surface area (Å²) in [4.78, 5) is 27.3. The van der Waals surface area contributed by atoms with E-state index in [0.29, 0.717) is 13.0 Å². The Morgan fingerprint density at radius 3 is 2.33 bits per heavy atom. The average molecular weight is 291 g/mol. The van der Waals surface area contributed by atoms with Crippen molar-refractivity contribution in [1.82, 2.24) is 9.80 Å². The molecule has 5 heteroatoms. The van der Waals surface area contributed by atoms with Crippen LogP contribution in [0.1, 0.15) is 18.9 Å². The van der Waals surface area contributed by atoms with Gasteiger partial charge < -0.3 is 15.5 Å². The van der Waals surface area contributed by atoms with Crippen molar-refractivity contribution in [2.45, 2.75) is 25.8 Å². The molecule has 0 unspecified atom stereocenters. The first kappa shape index (κ1) is 17.2. The number of carbonyl (C=O) groups is 2. The molecule has 0 saturated carbocycles. The van der Waals surface area contributed by atoms with Crippen molar-refractivity contribution in [3.8, 4) is 0 Å². The molecule has 21 heavy (non-hydrogen) atoms. The molecule has 0 fully saturated rings. The second-order valence-electron chi connectivity index (χ2n) is 5.34. The van der Waals surface area contributed by atoms with Gasteiger partial charge in [-0.1, -0.05) is 37.3 Å². The van der Waals surface area contributed by atoms with Gasteiger partial charge in [-0.2, -0.15) is 0 Å². The summed E-state index contributed by atoms with van der Waals surface area (Å²) in [7, 11) is 3.36. The maximum Gasteiger partial charge on any atom is 0.241 e. The topological polar surface area (TPSA) is 66.6 Å². The molecule has 1 aromatic carbocycles. The van der Waals surface area contributed by atoms with E-state index >= 15 is 0 Å². The van der Waals surface area contributed by atoms with Crippen LogP contribution in [-0.4, -0.2) is 54.8 Å². The standard InChI is InChI=1S/C16H25N3O2/c1-4-10-19(12-15(20)18(2)3)16(21)14(17)11-13-8-6-5-7-9-13/h5-9,14H,4,10-12,17H2,1-3H3/t14-/m1/s1. The van der Waals surface area contributed by atoms with Gasteiger partial charge in [-0.05, 0) is 18.4 Å². The summed E-state index contributed by atoms with van der Waals surface area (Å²) in [5, 5.41) is 0. The predicted molar refractivity (Wildman–Crippen MR) is 83.7 cm³/mol. The highest BCUT2D eigenvalue weighted by Crippen LogP contribution is 2.05. The zero-order chi connectivity index (χ0) is 15.8. The lowest BCUT2D eigenvalue weighted by molar-refractivity contribution is -0.140. The Bertz CT molecular complexity index is 460. The predicted octanol–water partition coefficient (Wildman–Crippen LogP) is 0.883. The van der Waals surface area contributed by atoms with Crippen LogP contribution < -0.4 is 5.73 Å². The first-order valence-electron chi connectivity index (χ1n) is 7.24. The summed E-state index contributed by atoms with van der Waals surface area (Å²) >= 11 is 0. The minimum absolute atomic E-state index is 0.0855. The van der Waals surface area contributed by atoms with Crippen molar-refractivity contribution >= 4 is 11.8 Å². The summed E-state index contributed by atoms with van der Waals surface area (Å²) in [5.41, 5.74) is 7.04. The Hall–Kier alpha value is -1.88. The van der Waals surface area contributed by atoms with E-state index in [4.69, 9.17) is 5.73 Å². The highest BCUT2D eigenvalue weighted by molar-refractivity contribution is 5.87. The molecule has 0 saturated heterocycles. The van der Waals surface area contributed by atoms with Gasteiger partial charge in [0.15, 0.2) is 0 Å². The summed E-state index contributed by atoms with van der Waals surface area (Å²) < 4.78 is 0. The Morgan fingerprint density at radius 2 is 1.81 bits per heavy atom. The van der Waals surface area contributed by atoms with Gasteiger partial charge in [0.1, 0.15) is 0 Å². The summed E-state index contributed by atoms with van der Waals surface area (Å²) in [6, 6.07) is 9.05. The minimum Gasteiger partial charge on any atom is -0.347 e. The third kappa shape index (κ3) is 5.55. The third-order valence-electron chi connectivity index (χ3n) is 3.25. The molecule has 1 aromatic rings. The molecule has 116 valence electrons.